The number of hydrogen-bond donors (Lipinski definition) is 0. The van der Waals surface area contributed by atoms with Gasteiger partial charge in [0.25, 0.3) is 0 Å². The van der Waals surface area contributed by atoms with Gasteiger partial charge in [-0.3, -0.25) is 4.40 Å². The van der Waals surface area contributed by atoms with Crippen LogP contribution >= 0.6 is 11.3 Å². The van der Waals surface area contributed by atoms with Gasteiger partial charge in [0.2, 0.25) is 0 Å². The SMILES string of the molecule is c1ccc(-c2c(-c3ccc(N(c4ccccc4)c4cccc(-c5cccc6c5sc5ccccc56)c4)cc3)nc3ccccn23)cc1. The van der Waals surface area contributed by atoms with Crippen LogP contribution in [0.2, 0.25) is 0 Å². The molecule has 6 aromatic carbocycles. The van der Waals surface area contributed by atoms with E-state index in [1.165, 1.54) is 31.3 Å². The Kier molecular flexibility index (Phi) is 6.65. The van der Waals surface area contributed by atoms with Gasteiger partial charge < -0.3 is 4.90 Å². The Hall–Kier alpha value is -5.97. The maximum absolute atomic E-state index is 5.09. The Bertz CT molecular complexity index is 2510. The summed E-state index contributed by atoms with van der Waals surface area (Å²) >= 11 is 1.87. The summed E-state index contributed by atoms with van der Waals surface area (Å²) in [6.45, 7) is 0. The first-order valence-corrected chi connectivity index (χ1v) is 16.6. The first-order valence-electron chi connectivity index (χ1n) is 15.8. The van der Waals surface area contributed by atoms with Gasteiger partial charge in [-0.25, -0.2) is 4.98 Å². The van der Waals surface area contributed by atoms with Crippen molar-refractivity contribution in [2.75, 3.05) is 4.90 Å². The van der Waals surface area contributed by atoms with Crippen molar-refractivity contribution in [3.05, 3.63) is 176 Å². The van der Waals surface area contributed by atoms with E-state index in [0.717, 1.165) is 45.2 Å². The minimum Gasteiger partial charge on any atom is -0.310 e. The number of rotatable bonds is 6. The molecule has 0 spiro atoms. The van der Waals surface area contributed by atoms with E-state index < -0.39 is 0 Å². The van der Waals surface area contributed by atoms with Gasteiger partial charge in [0.15, 0.2) is 0 Å². The third-order valence-electron chi connectivity index (χ3n) is 8.81. The summed E-state index contributed by atoms with van der Waals surface area (Å²) in [7, 11) is 0. The van der Waals surface area contributed by atoms with Crippen LogP contribution in [0.15, 0.2) is 176 Å². The Labute approximate surface area is 277 Å². The van der Waals surface area contributed by atoms with Gasteiger partial charge in [0, 0.05) is 54.6 Å². The van der Waals surface area contributed by atoms with Gasteiger partial charge in [-0.1, -0.05) is 115 Å². The molecule has 0 amide bonds. The highest BCUT2D eigenvalue weighted by molar-refractivity contribution is 7.26. The van der Waals surface area contributed by atoms with Gasteiger partial charge in [-0.2, -0.15) is 0 Å². The molecule has 9 aromatic rings. The Balaban J connectivity index is 1.16. The smallest absolute Gasteiger partial charge is 0.137 e. The number of imidazole rings is 1. The standard InChI is InChI=1S/C43H29N3S/c1-3-13-31(14-4-1)42-41(44-40-23-9-10-28-45(40)42)30-24-26-34(27-25-30)46(33-16-5-2-6-17-33)35-18-11-15-32(29-35)36-20-12-21-38-37-19-7-8-22-39(37)47-43(36)38/h1-29H. The lowest BCUT2D eigenvalue weighted by Gasteiger charge is -2.26. The monoisotopic (exact) mass is 619 g/mol. The predicted octanol–water partition coefficient (Wildman–Crippen LogP) is 12.2. The summed E-state index contributed by atoms with van der Waals surface area (Å²) in [6, 6.07) is 60.4. The number of thiophene rings is 1. The Morgan fingerprint density at radius 1 is 0.489 bits per heavy atom. The molecular formula is C43H29N3S. The van der Waals surface area contributed by atoms with Crippen LogP contribution in [0.4, 0.5) is 17.1 Å². The molecule has 0 saturated carbocycles. The van der Waals surface area contributed by atoms with E-state index in [-0.39, 0.29) is 0 Å². The first kappa shape index (κ1) is 27.3. The minimum atomic E-state index is 0.932. The molecule has 4 heteroatoms. The first-order chi connectivity index (χ1) is 23.3. The molecule has 47 heavy (non-hydrogen) atoms. The number of nitrogens with zero attached hydrogens (tertiary/aromatic N) is 3. The van der Waals surface area contributed by atoms with Crippen molar-refractivity contribution < 1.29 is 0 Å². The molecule has 0 aliphatic rings. The molecule has 0 radical (unpaired) electrons. The third kappa shape index (κ3) is 4.78. The molecule has 3 nitrogen and oxygen atoms in total. The average Bonchev–Trinajstić information content (AvgIpc) is 3.72. The van der Waals surface area contributed by atoms with Gasteiger partial charge >= 0.3 is 0 Å². The van der Waals surface area contributed by atoms with Crippen molar-refractivity contribution in [2.24, 2.45) is 0 Å². The fraction of sp³-hybridized carbons (Fsp3) is 0. The fourth-order valence-corrected chi connectivity index (χ4v) is 7.89. The summed E-state index contributed by atoms with van der Waals surface area (Å²) in [5, 5.41) is 2.63. The number of benzene rings is 6. The molecule has 0 N–H and O–H groups in total. The number of para-hydroxylation sites is 1. The number of aromatic nitrogens is 2. The van der Waals surface area contributed by atoms with Crippen molar-refractivity contribution in [2.45, 2.75) is 0 Å². The quantitative estimate of drug-likeness (QED) is 0.185. The maximum atomic E-state index is 5.09. The van der Waals surface area contributed by atoms with Gasteiger partial charge in [0.1, 0.15) is 5.65 Å². The lowest BCUT2D eigenvalue weighted by molar-refractivity contribution is 1.19. The molecule has 0 unspecified atom stereocenters. The normalized spacial score (nSPS) is 11.4. The molecule has 0 bridgehead atoms. The summed E-state index contributed by atoms with van der Waals surface area (Å²) in [6.07, 6.45) is 2.09. The number of anilines is 3. The van der Waals surface area contributed by atoms with E-state index >= 15 is 0 Å². The lowest BCUT2D eigenvalue weighted by Crippen LogP contribution is -2.09. The van der Waals surface area contributed by atoms with Gasteiger partial charge in [-0.15, -0.1) is 11.3 Å². The molecule has 9 rings (SSSR count). The lowest BCUT2D eigenvalue weighted by atomic mass is 10.0. The average molecular weight is 620 g/mol. The summed E-state index contributed by atoms with van der Waals surface area (Å²) in [4.78, 5) is 7.42. The van der Waals surface area contributed by atoms with E-state index in [9.17, 15) is 0 Å². The second kappa shape index (κ2) is 11.4. The van der Waals surface area contributed by atoms with Crippen LogP contribution in [0, 0.1) is 0 Å². The Morgan fingerprint density at radius 2 is 1.15 bits per heavy atom. The number of hydrogen-bond acceptors (Lipinski definition) is 3. The van der Waals surface area contributed by atoms with Crippen LogP contribution < -0.4 is 4.90 Å². The Morgan fingerprint density at radius 3 is 2.00 bits per heavy atom. The topological polar surface area (TPSA) is 20.5 Å². The minimum absolute atomic E-state index is 0.932. The van der Waals surface area contributed by atoms with Crippen LogP contribution in [0.3, 0.4) is 0 Å². The van der Waals surface area contributed by atoms with E-state index in [0.29, 0.717) is 0 Å². The highest BCUT2D eigenvalue weighted by atomic mass is 32.1. The highest BCUT2D eigenvalue weighted by Gasteiger charge is 2.18. The van der Waals surface area contributed by atoms with Crippen LogP contribution in [0.5, 0.6) is 0 Å². The largest absolute Gasteiger partial charge is 0.310 e. The number of pyridine rings is 1. The van der Waals surface area contributed by atoms with Gasteiger partial charge in [0.05, 0.1) is 11.4 Å². The molecule has 0 saturated heterocycles. The van der Waals surface area contributed by atoms with Crippen molar-refractivity contribution in [3.63, 3.8) is 0 Å². The van der Waals surface area contributed by atoms with Crippen molar-refractivity contribution in [3.8, 4) is 33.6 Å². The fourth-order valence-electron chi connectivity index (χ4n) is 6.65. The molecule has 0 fully saturated rings. The second-order valence-corrected chi connectivity index (χ2v) is 12.7. The van der Waals surface area contributed by atoms with Crippen LogP contribution in [0.1, 0.15) is 0 Å². The molecule has 0 aliphatic carbocycles. The zero-order valence-corrected chi connectivity index (χ0v) is 26.3. The molecule has 222 valence electrons. The van der Waals surface area contributed by atoms with Crippen LogP contribution in [0.25, 0.3) is 59.5 Å². The predicted molar refractivity (Wildman–Crippen MR) is 199 cm³/mol. The van der Waals surface area contributed by atoms with Crippen molar-refractivity contribution in [1.29, 1.82) is 0 Å². The van der Waals surface area contributed by atoms with Gasteiger partial charge in [-0.05, 0) is 65.7 Å². The maximum Gasteiger partial charge on any atom is 0.137 e. The van der Waals surface area contributed by atoms with E-state index in [1.54, 1.807) is 0 Å². The molecule has 3 heterocycles. The van der Waals surface area contributed by atoms with E-state index in [2.05, 4.69) is 179 Å². The highest BCUT2D eigenvalue weighted by Crippen LogP contribution is 2.42. The van der Waals surface area contributed by atoms with Crippen LogP contribution in [-0.2, 0) is 0 Å². The van der Waals surface area contributed by atoms with Crippen molar-refractivity contribution in [1.82, 2.24) is 9.38 Å². The van der Waals surface area contributed by atoms with E-state index in [1.807, 2.05) is 17.4 Å². The molecule has 0 atom stereocenters. The second-order valence-electron chi connectivity index (χ2n) is 11.7. The summed E-state index contributed by atoms with van der Waals surface area (Å²) in [5.41, 5.74) is 11.0. The zero-order chi connectivity index (χ0) is 31.2. The van der Waals surface area contributed by atoms with Crippen molar-refractivity contribution >= 4 is 54.2 Å². The molecule has 0 aliphatic heterocycles. The molecule has 3 aromatic heterocycles. The number of fused-ring (bicyclic) bond motifs is 4. The third-order valence-corrected chi connectivity index (χ3v) is 10.0. The zero-order valence-electron chi connectivity index (χ0n) is 25.5. The van der Waals surface area contributed by atoms with E-state index in [4.69, 9.17) is 4.98 Å². The van der Waals surface area contributed by atoms with Crippen LogP contribution in [-0.4, -0.2) is 9.38 Å². The summed E-state index contributed by atoms with van der Waals surface area (Å²) in [5.74, 6) is 0. The summed E-state index contributed by atoms with van der Waals surface area (Å²) < 4.78 is 4.82. The molecular weight excluding hydrogens is 591 g/mol.